The Morgan fingerprint density at radius 1 is 0.704 bits per heavy atom. The normalized spacial score (nSPS) is 14.1. The third-order valence-corrected chi connectivity index (χ3v) is 4.74. The second-order valence-electron chi connectivity index (χ2n) is 7.02. The van der Waals surface area contributed by atoms with Gasteiger partial charge in [0, 0.05) is 19.8 Å². The van der Waals surface area contributed by atoms with E-state index in [-0.39, 0.29) is 0 Å². The molecule has 0 aliphatic carbocycles. The van der Waals surface area contributed by atoms with E-state index in [1.165, 1.54) is 32.1 Å². The van der Waals surface area contributed by atoms with Crippen LogP contribution in [0.2, 0.25) is 0 Å². The average Bonchev–Trinajstić information content (AvgIpc) is 2.66. The molecule has 1 atom stereocenters. The van der Waals surface area contributed by atoms with Crippen LogP contribution in [-0.2, 0) is 14.2 Å². The Bertz CT molecular complexity index is 460. The molecule has 4 heteroatoms. The van der Waals surface area contributed by atoms with Gasteiger partial charge in [0.1, 0.15) is 5.75 Å². The second-order valence-corrected chi connectivity index (χ2v) is 7.02. The summed E-state index contributed by atoms with van der Waals surface area (Å²) in [6, 6.07) is 9.87. The number of hydrogen-bond donors (Lipinski definition) is 0. The molecule has 0 aliphatic heterocycles. The van der Waals surface area contributed by atoms with E-state index in [4.69, 9.17) is 18.9 Å². The molecule has 1 aromatic rings. The SMILES string of the molecule is CCCCCCCCC(C)(Oc1ccccc1)C(OCC)(OCC)OCC. The summed E-state index contributed by atoms with van der Waals surface area (Å²) < 4.78 is 24.7. The lowest BCUT2D eigenvalue weighted by Crippen LogP contribution is -2.61. The summed E-state index contributed by atoms with van der Waals surface area (Å²) in [6.45, 7) is 11.6. The number of unbranched alkanes of at least 4 members (excludes halogenated alkanes) is 5. The third-order valence-electron chi connectivity index (χ3n) is 4.74. The molecule has 0 amide bonds. The Morgan fingerprint density at radius 3 is 1.74 bits per heavy atom. The Kier molecular flexibility index (Phi) is 11.7. The molecule has 0 saturated heterocycles. The molecule has 27 heavy (non-hydrogen) atoms. The van der Waals surface area contributed by atoms with E-state index in [1.54, 1.807) is 0 Å². The van der Waals surface area contributed by atoms with Crippen LogP contribution < -0.4 is 4.74 Å². The highest BCUT2D eigenvalue weighted by molar-refractivity contribution is 5.22. The molecule has 0 N–H and O–H groups in total. The molecule has 0 bridgehead atoms. The number of benzene rings is 1. The highest BCUT2D eigenvalue weighted by Gasteiger charge is 2.54. The minimum absolute atomic E-state index is 0.490. The van der Waals surface area contributed by atoms with Crippen molar-refractivity contribution in [2.24, 2.45) is 0 Å². The van der Waals surface area contributed by atoms with Crippen molar-refractivity contribution in [2.75, 3.05) is 19.8 Å². The van der Waals surface area contributed by atoms with E-state index in [2.05, 4.69) is 6.92 Å². The van der Waals surface area contributed by atoms with Gasteiger partial charge in [0.05, 0.1) is 0 Å². The van der Waals surface area contributed by atoms with Gasteiger partial charge in [0.2, 0.25) is 0 Å². The molecule has 0 radical (unpaired) electrons. The minimum atomic E-state index is -1.22. The van der Waals surface area contributed by atoms with Crippen LogP contribution in [0.15, 0.2) is 30.3 Å². The van der Waals surface area contributed by atoms with E-state index in [0.717, 1.165) is 18.6 Å². The largest absolute Gasteiger partial charge is 0.479 e. The quantitative estimate of drug-likeness (QED) is 0.248. The van der Waals surface area contributed by atoms with Gasteiger partial charge in [-0.1, -0.05) is 57.2 Å². The van der Waals surface area contributed by atoms with Crippen molar-refractivity contribution >= 4 is 0 Å². The predicted molar refractivity (Wildman–Crippen MR) is 111 cm³/mol. The maximum atomic E-state index is 6.48. The third kappa shape index (κ3) is 7.44. The van der Waals surface area contributed by atoms with Crippen molar-refractivity contribution in [3.63, 3.8) is 0 Å². The van der Waals surface area contributed by atoms with Gasteiger partial charge in [-0.25, -0.2) is 0 Å². The first-order chi connectivity index (χ1) is 13.1. The van der Waals surface area contributed by atoms with Gasteiger partial charge in [0.15, 0.2) is 5.60 Å². The molecule has 1 aromatic carbocycles. The molecular formula is C23H40O4. The lowest BCUT2D eigenvalue weighted by atomic mass is 9.93. The lowest BCUT2D eigenvalue weighted by molar-refractivity contribution is -0.431. The number of rotatable bonds is 16. The zero-order chi connectivity index (χ0) is 20.0. The van der Waals surface area contributed by atoms with Crippen LogP contribution >= 0.6 is 0 Å². The molecule has 0 spiro atoms. The van der Waals surface area contributed by atoms with E-state index in [9.17, 15) is 0 Å². The minimum Gasteiger partial charge on any atom is -0.479 e. The molecule has 0 aromatic heterocycles. The second kappa shape index (κ2) is 13.1. The van der Waals surface area contributed by atoms with Crippen molar-refractivity contribution < 1.29 is 18.9 Å². The standard InChI is InChI=1S/C23H40O4/c1-6-10-11-12-13-17-20-22(5,27-21-18-15-14-16-19-21)23(24-7-2,25-8-3)26-9-4/h14-16,18-19H,6-13,17,20H2,1-5H3. The van der Waals surface area contributed by atoms with Crippen LogP contribution in [0.5, 0.6) is 5.75 Å². The number of para-hydroxylation sites is 1. The molecular weight excluding hydrogens is 340 g/mol. The predicted octanol–water partition coefficient (Wildman–Crippen LogP) is 6.34. The van der Waals surface area contributed by atoms with Crippen LogP contribution in [0, 0.1) is 0 Å². The van der Waals surface area contributed by atoms with Crippen LogP contribution in [0.25, 0.3) is 0 Å². The zero-order valence-corrected chi connectivity index (χ0v) is 18.1. The Hall–Kier alpha value is -1.10. The number of ether oxygens (including phenoxy) is 4. The fraction of sp³-hybridized carbons (Fsp3) is 0.739. The van der Waals surface area contributed by atoms with Gasteiger partial charge >= 0.3 is 5.97 Å². The fourth-order valence-corrected chi connectivity index (χ4v) is 3.41. The van der Waals surface area contributed by atoms with Gasteiger partial charge in [-0.3, -0.25) is 0 Å². The van der Waals surface area contributed by atoms with Crippen LogP contribution in [-0.4, -0.2) is 31.4 Å². The Morgan fingerprint density at radius 2 is 1.22 bits per heavy atom. The molecule has 0 aliphatic rings. The maximum absolute atomic E-state index is 6.48. The summed E-state index contributed by atoms with van der Waals surface area (Å²) in [7, 11) is 0. The average molecular weight is 381 g/mol. The molecule has 0 fully saturated rings. The van der Waals surface area contributed by atoms with Crippen molar-refractivity contribution in [1.29, 1.82) is 0 Å². The highest BCUT2D eigenvalue weighted by Crippen LogP contribution is 2.38. The number of hydrogen-bond acceptors (Lipinski definition) is 4. The topological polar surface area (TPSA) is 36.9 Å². The van der Waals surface area contributed by atoms with Gasteiger partial charge in [0.25, 0.3) is 0 Å². The zero-order valence-electron chi connectivity index (χ0n) is 18.1. The Balaban J connectivity index is 3.00. The summed E-state index contributed by atoms with van der Waals surface area (Å²) in [5.41, 5.74) is -0.749. The first-order valence-electron chi connectivity index (χ1n) is 10.7. The monoisotopic (exact) mass is 380 g/mol. The molecule has 0 saturated carbocycles. The highest BCUT2D eigenvalue weighted by atomic mass is 16.9. The van der Waals surface area contributed by atoms with Crippen molar-refractivity contribution in [2.45, 2.75) is 91.1 Å². The van der Waals surface area contributed by atoms with E-state index >= 15 is 0 Å². The molecule has 4 nitrogen and oxygen atoms in total. The fourth-order valence-electron chi connectivity index (χ4n) is 3.41. The summed E-state index contributed by atoms with van der Waals surface area (Å²) in [4.78, 5) is 0. The van der Waals surface area contributed by atoms with Gasteiger partial charge in [-0.05, 0) is 52.7 Å². The van der Waals surface area contributed by atoms with Crippen LogP contribution in [0.3, 0.4) is 0 Å². The van der Waals surface area contributed by atoms with Crippen LogP contribution in [0.1, 0.15) is 79.6 Å². The molecule has 1 rings (SSSR count). The Labute approximate surface area is 166 Å². The van der Waals surface area contributed by atoms with Crippen molar-refractivity contribution in [1.82, 2.24) is 0 Å². The van der Waals surface area contributed by atoms with Gasteiger partial charge in [-0.2, -0.15) is 0 Å². The summed E-state index contributed by atoms with van der Waals surface area (Å²) in [6.07, 6.45) is 8.13. The molecule has 156 valence electrons. The molecule has 0 heterocycles. The van der Waals surface area contributed by atoms with Gasteiger partial charge in [-0.15, -0.1) is 0 Å². The van der Waals surface area contributed by atoms with Gasteiger partial charge < -0.3 is 18.9 Å². The lowest BCUT2D eigenvalue weighted by Gasteiger charge is -2.46. The smallest absolute Gasteiger partial charge is 0.324 e. The van der Waals surface area contributed by atoms with Crippen molar-refractivity contribution in [3.05, 3.63) is 30.3 Å². The van der Waals surface area contributed by atoms with Crippen LogP contribution in [0.4, 0.5) is 0 Å². The summed E-state index contributed by atoms with van der Waals surface area (Å²) >= 11 is 0. The summed E-state index contributed by atoms with van der Waals surface area (Å²) in [5.74, 6) is -0.417. The van der Waals surface area contributed by atoms with E-state index < -0.39 is 11.6 Å². The maximum Gasteiger partial charge on any atom is 0.324 e. The van der Waals surface area contributed by atoms with Crippen molar-refractivity contribution in [3.8, 4) is 5.75 Å². The summed E-state index contributed by atoms with van der Waals surface area (Å²) in [5, 5.41) is 0. The first kappa shape index (κ1) is 23.9. The molecule has 1 unspecified atom stereocenters. The van der Waals surface area contributed by atoms with E-state index in [1.807, 2.05) is 58.0 Å². The van der Waals surface area contributed by atoms with E-state index in [0.29, 0.717) is 19.8 Å². The first-order valence-corrected chi connectivity index (χ1v) is 10.7.